The molecule has 3 aromatic carbocycles. The summed E-state index contributed by atoms with van der Waals surface area (Å²) in [6, 6.07) is 19.7. The minimum Gasteiger partial charge on any atom is -0.497 e. The van der Waals surface area contributed by atoms with Gasteiger partial charge < -0.3 is 19.7 Å². The lowest BCUT2D eigenvalue weighted by molar-refractivity contribution is -0.138. The molecule has 0 radical (unpaired) electrons. The van der Waals surface area contributed by atoms with Crippen molar-refractivity contribution in [2.45, 2.75) is 26.1 Å². The summed E-state index contributed by atoms with van der Waals surface area (Å²) < 4.78 is 11.1. The molecule has 0 spiro atoms. The third-order valence-corrected chi connectivity index (χ3v) is 5.51. The SMILES string of the molecule is COc1cccc(C(=O)Nc2ccc3c(c2)CN(Cc2ccc(Cl)cc2)C(=O)C(C)O3)c1. The van der Waals surface area contributed by atoms with Crippen LogP contribution in [-0.4, -0.2) is 29.9 Å². The molecule has 1 N–H and O–H groups in total. The number of ether oxygens (including phenoxy) is 2. The van der Waals surface area contributed by atoms with Crippen LogP contribution < -0.4 is 14.8 Å². The lowest BCUT2D eigenvalue weighted by atomic mass is 10.1. The van der Waals surface area contributed by atoms with Gasteiger partial charge in [-0.2, -0.15) is 0 Å². The van der Waals surface area contributed by atoms with Gasteiger partial charge in [0.1, 0.15) is 11.5 Å². The Labute approximate surface area is 191 Å². The van der Waals surface area contributed by atoms with E-state index in [2.05, 4.69) is 5.32 Å². The maximum atomic E-state index is 12.9. The van der Waals surface area contributed by atoms with Gasteiger partial charge >= 0.3 is 0 Å². The summed E-state index contributed by atoms with van der Waals surface area (Å²) in [6.07, 6.45) is -0.610. The summed E-state index contributed by atoms with van der Waals surface area (Å²) in [6.45, 7) is 2.54. The summed E-state index contributed by atoms with van der Waals surface area (Å²) in [7, 11) is 1.56. The molecule has 164 valence electrons. The van der Waals surface area contributed by atoms with E-state index in [1.54, 1.807) is 67.5 Å². The van der Waals surface area contributed by atoms with Crippen LogP contribution in [0.2, 0.25) is 5.02 Å². The number of carbonyl (C=O) groups is 2. The van der Waals surface area contributed by atoms with Crippen molar-refractivity contribution in [3.8, 4) is 11.5 Å². The number of amides is 2. The number of nitrogens with one attached hydrogen (secondary N) is 1. The summed E-state index contributed by atoms with van der Waals surface area (Å²) in [5.74, 6) is 0.890. The molecule has 32 heavy (non-hydrogen) atoms. The highest BCUT2D eigenvalue weighted by Gasteiger charge is 2.28. The van der Waals surface area contributed by atoms with Gasteiger partial charge in [0, 0.05) is 34.9 Å². The first-order valence-electron chi connectivity index (χ1n) is 10.2. The fraction of sp³-hybridized carbons (Fsp3) is 0.200. The summed E-state index contributed by atoms with van der Waals surface area (Å²) in [5, 5.41) is 3.55. The molecule has 2 amide bonds. The van der Waals surface area contributed by atoms with E-state index in [0.717, 1.165) is 11.1 Å². The predicted octanol–water partition coefficient (Wildman–Crippen LogP) is 4.91. The van der Waals surface area contributed by atoms with Crippen molar-refractivity contribution in [2.75, 3.05) is 12.4 Å². The van der Waals surface area contributed by atoms with Crippen LogP contribution in [0.1, 0.15) is 28.4 Å². The number of methoxy groups -OCH3 is 1. The lowest BCUT2D eigenvalue weighted by Gasteiger charge is -2.22. The molecule has 0 aromatic heterocycles. The fourth-order valence-electron chi connectivity index (χ4n) is 3.59. The van der Waals surface area contributed by atoms with Crippen molar-refractivity contribution in [1.29, 1.82) is 0 Å². The Bertz CT molecular complexity index is 1150. The second-order valence-corrected chi connectivity index (χ2v) is 8.03. The van der Waals surface area contributed by atoms with Gasteiger partial charge in [0.15, 0.2) is 6.10 Å². The molecule has 7 heteroatoms. The van der Waals surface area contributed by atoms with E-state index in [1.807, 2.05) is 18.2 Å². The molecule has 1 heterocycles. The Morgan fingerprint density at radius 1 is 1.16 bits per heavy atom. The number of carbonyl (C=O) groups excluding carboxylic acids is 2. The van der Waals surface area contributed by atoms with Crippen LogP contribution in [-0.2, 0) is 17.9 Å². The zero-order valence-electron chi connectivity index (χ0n) is 17.8. The molecule has 1 aliphatic heterocycles. The van der Waals surface area contributed by atoms with Crippen molar-refractivity contribution >= 4 is 29.1 Å². The molecule has 0 fully saturated rings. The minimum absolute atomic E-state index is 0.0990. The fourth-order valence-corrected chi connectivity index (χ4v) is 3.71. The maximum Gasteiger partial charge on any atom is 0.263 e. The highest BCUT2D eigenvalue weighted by molar-refractivity contribution is 6.30. The van der Waals surface area contributed by atoms with Gasteiger partial charge in [0.2, 0.25) is 0 Å². The van der Waals surface area contributed by atoms with Gasteiger partial charge in [-0.05, 0) is 61.0 Å². The Morgan fingerprint density at radius 3 is 2.69 bits per heavy atom. The first kappa shape index (κ1) is 21.7. The average molecular weight is 451 g/mol. The number of hydrogen-bond acceptors (Lipinski definition) is 4. The minimum atomic E-state index is -0.610. The summed E-state index contributed by atoms with van der Waals surface area (Å²) in [4.78, 5) is 27.3. The maximum absolute atomic E-state index is 12.9. The van der Waals surface area contributed by atoms with E-state index >= 15 is 0 Å². The van der Waals surface area contributed by atoms with E-state index in [9.17, 15) is 9.59 Å². The standard InChI is InChI=1S/C25H23ClN2O4/c1-16-25(30)28(14-17-6-8-20(26)9-7-17)15-19-12-21(10-11-23(19)32-16)27-24(29)18-4-3-5-22(13-18)31-2/h3-13,16H,14-15H2,1-2H3,(H,27,29). The van der Waals surface area contributed by atoms with Crippen molar-refractivity contribution < 1.29 is 19.1 Å². The molecule has 1 unspecified atom stereocenters. The molecule has 0 saturated heterocycles. The van der Waals surface area contributed by atoms with E-state index in [0.29, 0.717) is 40.9 Å². The lowest BCUT2D eigenvalue weighted by Crippen LogP contribution is -2.37. The van der Waals surface area contributed by atoms with Crippen molar-refractivity contribution in [3.63, 3.8) is 0 Å². The Balaban J connectivity index is 1.55. The van der Waals surface area contributed by atoms with Crippen molar-refractivity contribution in [3.05, 3.63) is 88.4 Å². The van der Waals surface area contributed by atoms with Gasteiger partial charge in [0.05, 0.1) is 7.11 Å². The number of halogens is 1. The van der Waals surface area contributed by atoms with Crippen LogP contribution >= 0.6 is 11.6 Å². The van der Waals surface area contributed by atoms with Crippen LogP contribution in [0, 0.1) is 0 Å². The predicted molar refractivity (Wildman–Crippen MR) is 123 cm³/mol. The topological polar surface area (TPSA) is 67.9 Å². The van der Waals surface area contributed by atoms with E-state index in [4.69, 9.17) is 21.1 Å². The quantitative estimate of drug-likeness (QED) is 0.599. The Hall–Kier alpha value is -3.51. The average Bonchev–Trinajstić information content (AvgIpc) is 2.91. The highest BCUT2D eigenvalue weighted by atomic mass is 35.5. The van der Waals surface area contributed by atoms with E-state index in [-0.39, 0.29) is 11.8 Å². The molecule has 1 atom stereocenters. The van der Waals surface area contributed by atoms with E-state index in [1.165, 1.54) is 0 Å². The van der Waals surface area contributed by atoms with Crippen LogP contribution in [0.4, 0.5) is 5.69 Å². The molecule has 4 rings (SSSR count). The van der Waals surface area contributed by atoms with Gasteiger partial charge in [-0.25, -0.2) is 0 Å². The second kappa shape index (κ2) is 9.32. The molecule has 0 saturated carbocycles. The second-order valence-electron chi connectivity index (χ2n) is 7.59. The van der Waals surface area contributed by atoms with Crippen molar-refractivity contribution in [2.24, 2.45) is 0 Å². The smallest absolute Gasteiger partial charge is 0.263 e. The number of benzene rings is 3. The number of rotatable bonds is 5. The van der Waals surface area contributed by atoms with Gasteiger partial charge in [0.25, 0.3) is 11.8 Å². The Morgan fingerprint density at radius 2 is 1.94 bits per heavy atom. The van der Waals surface area contributed by atoms with Crippen LogP contribution in [0.5, 0.6) is 11.5 Å². The zero-order chi connectivity index (χ0) is 22.7. The molecule has 1 aliphatic rings. The number of fused-ring (bicyclic) bond motifs is 1. The zero-order valence-corrected chi connectivity index (χ0v) is 18.6. The molecule has 3 aromatic rings. The molecule has 6 nitrogen and oxygen atoms in total. The third-order valence-electron chi connectivity index (χ3n) is 5.26. The molecule has 0 bridgehead atoms. The largest absolute Gasteiger partial charge is 0.497 e. The Kier molecular flexibility index (Phi) is 6.32. The summed E-state index contributed by atoms with van der Waals surface area (Å²) in [5.41, 5.74) is 2.90. The monoisotopic (exact) mass is 450 g/mol. The van der Waals surface area contributed by atoms with Crippen LogP contribution in [0.3, 0.4) is 0 Å². The van der Waals surface area contributed by atoms with Gasteiger partial charge in [-0.3, -0.25) is 9.59 Å². The number of nitrogens with zero attached hydrogens (tertiary/aromatic N) is 1. The molecular formula is C25H23ClN2O4. The van der Waals surface area contributed by atoms with Crippen molar-refractivity contribution in [1.82, 2.24) is 4.90 Å². The number of hydrogen-bond donors (Lipinski definition) is 1. The number of anilines is 1. The first-order valence-corrected chi connectivity index (χ1v) is 10.6. The summed E-state index contributed by atoms with van der Waals surface area (Å²) >= 11 is 5.98. The molecular weight excluding hydrogens is 428 g/mol. The van der Waals surface area contributed by atoms with Gasteiger partial charge in [-0.15, -0.1) is 0 Å². The van der Waals surface area contributed by atoms with Crippen LogP contribution in [0.15, 0.2) is 66.7 Å². The first-order chi connectivity index (χ1) is 15.4. The normalized spacial score (nSPS) is 15.4. The third kappa shape index (κ3) is 4.86. The molecule has 0 aliphatic carbocycles. The highest BCUT2D eigenvalue weighted by Crippen LogP contribution is 2.30. The van der Waals surface area contributed by atoms with Gasteiger partial charge in [-0.1, -0.05) is 29.8 Å². The van der Waals surface area contributed by atoms with E-state index < -0.39 is 6.10 Å². The van der Waals surface area contributed by atoms with Crippen LogP contribution in [0.25, 0.3) is 0 Å².